The number of nitrogens with two attached hydrogens (primary N) is 1. The maximum atomic E-state index is 12.3. The number of hydrogen-bond acceptors (Lipinski definition) is 4. The molecular formula is C20H25N3O3. The van der Waals surface area contributed by atoms with E-state index in [4.69, 9.17) is 10.5 Å². The Morgan fingerprint density at radius 2 is 1.50 bits per heavy atom. The molecule has 26 heavy (non-hydrogen) atoms. The highest BCUT2D eigenvalue weighted by Gasteiger charge is 2.15. The summed E-state index contributed by atoms with van der Waals surface area (Å²) in [5.74, 6) is 0.609. The van der Waals surface area contributed by atoms with Crippen molar-refractivity contribution in [2.45, 2.75) is 26.3 Å². The standard InChI is InChI=1S/C20H25N3O3/c1-13(2)12-18(21)20(25)23-15-6-4-14(5-7-15)19(24)22-16-8-10-17(26-3)11-9-16/h4-11,13,18H,12,21H2,1-3H3,(H,22,24)(H,23,25)/t18-/m0/s1. The molecule has 1 atom stereocenters. The second kappa shape index (κ2) is 9.01. The minimum atomic E-state index is -0.548. The van der Waals surface area contributed by atoms with Crippen LogP contribution in [0.1, 0.15) is 30.6 Å². The van der Waals surface area contributed by atoms with Gasteiger partial charge in [-0.15, -0.1) is 0 Å². The number of rotatable bonds is 7. The van der Waals surface area contributed by atoms with Gasteiger partial charge in [-0.05, 0) is 60.9 Å². The lowest BCUT2D eigenvalue weighted by Crippen LogP contribution is -2.36. The highest BCUT2D eigenvalue weighted by atomic mass is 16.5. The molecule has 0 saturated carbocycles. The van der Waals surface area contributed by atoms with Gasteiger partial charge in [0.15, 0.2) is 0 Å². The van der Waals surface area contributed by atoms with Crippen molar-refractivity contribution < 1.29 is 14.3 Å². The number of benzene rings is 2. The Morgan fingerprint density at radius 1 is 0.962 bits per heavy atom. The van der Waals surface area contributed by atoms with Gasteiger partial charge >= 0.3 is 0 Å². The van der Waals surface area contributed by atoms with Gasteiger partial charge in [-0.3, -0.25) is 9.59 Å². The van der Waals surface area contributed by atoms with E-state index >= 15 is 0 Å². The van der Waals surface area contributed by atoms with Crippen LogP contribution < -0.4 is 21.1 Å². The average Bonchev–Trinajstić information content (AvgIpc) is 2.62. The minimum Gasteiger partial charge on any atom is -0.497 e. The number of carbonyl (C=O) groups excluding carboxylic acids is 2. The van der Waals surface area contributed by atoms with Gasteiger partial charge < -0.3 is 21.1 Å². The van der Waals surface area contributed by atoms with E-state index in [0.29, 0.717) is 29.3 Å². The summed E-state index contributed by atoms with van der Waals surface area (Å²) in [7, 11) is 1.59. The maximum Gasteiger partial charge on any atom is 0.255 e. The fraction of sp³-hybridized carbons (Fsp3) is 0.300. The van der Waals surface area contributed by atoms with E-state index in [1.54, 1.807) is 55.6 Å². The quantitative estimate of drug-likeness (QED) is 0.711. The molecule has 0 bridgehead atoms. The molecule has 2 amide bonds. The molecule has 2 aromatic carbocycles. The number of amides is 2. The van der Waals surface area contributed by atoms with E-state index in [-0.39, 0.29) is 11.8 Å². The zero-order chi connectivity index (χ0) is 19.1. The van der Waals surface area contributed by atoms with Crippen molar-refractivity contribution in [1.29, 1.82) is 0 Å². The molecule has 0 aliphatic heterocycles. The smallest absolute Gasteiger partial charge is 0.255 e. The number of hydrogen-bond donors (Lipinski definition) is 3. The van der Waals surface area contributed by atoms with Crippen LogP contribution in [0.3, 0.4) is 0 Å². The van der Waals surface area contributed by atoms with Crippen molar-refractivity contribution in [3.63, 3.8) is 0 Å². The van der Waals surface area contributed by atoms with Gasteiger partial charge in [0.25, 0.3) is 5.91 Å². The van der Waals surface area contributed by atoms with Crippen molar-refractivity contribution in [1.82, 2.24) is 0 Å². The third-order valence-corrected chi connectivity index (χ3v) is 3.82. The van der Waals surface area contributed by atoms with E-state index in [9.17, 15) is 9.59 Å². The van der Waals surface area contributed by atoms with Gasteiger partial charge in [0, 0.05) is 16.9 Å². The summed E-state index contributed by atoms with van der Waals surface area (Å²) in [4.78, 5) is 24.3. The molecule has 4 N–H and O–H groups in total. The fourth-order valence-electron chi connectivity index (χ4n) is 2.43. The largest absolute Gasteiger partial charge is 0.497 e. The van der Waals surface area contributed by atoms with E-state index < -0.39 is 6.04 Å². The average molecular weight is 355 g/mol. The zero-order valence-corrected chi connectivity index (χ0v) is 15.3. The van der Waals surface area contributed by atoms with Crippen LogP contribution in [-0.4, -0.2) is 25.0 Å². The summed E-state index contributed by atoms with van der Waals surface area (Å²) in [6.45, 7) is 4.03. The Balaban J connectivity index is 1.95. The van der Waals surface area contributed by atoms with Crippen molar-refractivity contribution in [3.05, 3.63) is 54.1 Å². The van der Waals surface area contributed by atoms with E-state index in [0.717, 1.165) is 5.75 Å². The van der Waals surface area contributed by atoms with Gasteiger partial charge in [0.05, 0.1) is 13.2 Å². The summed E-state index contributed by atoms with van der Waals surface area (Å²) in [5.41, 5.74) is 7.64. The number of ether oxygens (including phenoxy) is 1. The van der Waals surface area contributed by atoms with Crippen LogP contribution in [0.4, 0.5) is 11.4 Å². The first kappa shape index (κ1) is 19.5. The van der Waals surface area contributed by atoms with Crippen molar-refractivity contribution in [3.8, 4) is 5.75 Å². The lowest BCUT2D eigenvalue weighted by Gasteiger charge is -2.14. The number of carbonyl (C=O) groups is 2. The second-order valence-corrected chi connectivity index (χ2v) is 6.49. The van der Waals surface area contributed by atoms with Gasteiger partial charge in [-0.25, -0.2) is 0 Å². The lowest BCUT2D eigenvalue weighted by atomic mass is 10.0. The molecule has 0 aromatic heterocycles. The van der Waals surface area contributed by atoms with E-state index in [1.807, 2.05) is 13.8 Å². The van der Waals surface area contributed by atoms with Crippen LogP contribution in [0, 0.1) is 5.92 Å². The predicted molar refractivity (Wildman–Crippen MR) is 103 cm³/mol. The van der Waals surface area contributed by atoms with Crippen LogP contribution >= 0.6 is 0 Å². The fourth-order valence-corrected chi connectivity index (χ4v) is 2.43. The Kier molecular flexibility index (Phi) is 6.74. The zero-order valence-electron chi connectivity index (χ0n) is 15.3. The molecule has 0 unspecified atom stereocenters. The Morgan fingerprint density at radius 3 is 2.04 bits per heavy atom. The maximum absolute atomic E-state index is 12.3. The van der Waals surface area contributed by atoms with Crippen molar-refractivity contribution >= 4 is 23.2 Å². The Labute approximate surface area is 153 Å². The molecule has 0 aliphatic rings. The highest BCUT2D eigenvalue weighted by molar-refractivity contribution is 6.04. The first-order valence-electron chi connectivity index (χ1n) is 8.51. The molecule has 0 heterocycles. The normalized spacial score (nSPS) is 11.7. The van der Waals surface area contributed by atoms with Gasteiger partial charge in [0.1, 0.15) is 5.75 Å². The van der Waals surface area contributed by atoms with Gasteiger partial charge in [0.2, 0.25) is 5.91 Å². The highest BCUT2D eigenvalue weighted by Crippen LogP contribution is 2.17. The van der Waals surface area contributed by atoms with Crippen LogP contribution in [0.15, 0.2) is 48.5 Å². The molecular weight excluding hydrogens is 330 g/mol. The molecule has 0 radical (unpaired) electrons. The Hall–Kier alpha value is -2.86. The molecule has 2 aromatic rings. The van der Waals surface area contributed by atoms with Gasteiger partial charge in [-0.1, -0.05) is 13.8 Å². The molecule has 6 nitrogen and oxygen atoms in total. The number of nitrogens with one attached hydrogen (secondary N) is 2. The van der Waals surface area contributed by atoms with Crippen LogP contribution in [0.2, 0.25) is 0 Å². The van der Waals surface area contributed by atoms with Crippen LogP contribution in [-0.2, 0) is 4.79 Å². The molecule has 0 aliphatic carbocycles. The molecule has 6 heteroatoms. The predicted octanol–water partition coefficient (Wildman–Crippen LogP) is 3.26. The summed E-state index contributed by atoms with van der Waals surface area (Å²) in [6, 6.07) is 13.2. The SMILES string of the molecule is COc1ccc(NC(=O)c2ccc(NC(=O)[C@@H](N)CC(C)C)cc2)cc1. The van der Waals surface area contributed by atoms with Crippen molar-refractivity contribution in [2.24, 2.45) is 11.7 Å². The number of methoxy groups -OCH3 is 1. The Bertz CT molecular complexity index is 740. The summed E-state index contributed by atoms with van der Waals surface area (Å²) >= 11 is 0. The third-order valence-electron chi connectivity index (χ3n) is 3.82. The van der Waals surface area contributed by atoms with E-state index in [2.05, 4.69) is 10.6 Å². The molecule has 0 spiro atoms. The van der Waals surface area contributed by atoms with E-state index in [1.165, 1.54) is 0 Å². The van der Waals surface area contributed by atoms with Crippen molar-refractivity contribution in [2.75, 3.05) is 17.7 Å². The summed E-state index contributed by atoms with van der Waals surface area (Å²) < 4.78 is 5.09. The molecule has 138 valence electrons. The third kappa shape index (κ3) is 5.60. The number of anilines is 2. The molecule has 0 saturated heterocycles. The summed E-state index contributed by atoms with van der Waals surface area (Å²) in [5, 5.41) is 5.57. The monoisotopic (exact) mass is 355 g/mol. The molecule has 0 fully saturated rings. The van der Waals surface area contributed by atoms with Gasteiger partial charge in [-0.2, -0.15) is 0 Å². The first-order chi connectivity index (χ1) is 12.4. The van der Waals surface area contributed by atoms with Crippen LogP contribution in [0.25, 0.3) is 0 Å². The minimum absolute atomic E-state index is 0.228. The first-order valence-corrected chi connectivity index (χ1v) is 8.51. The lowest BCUT2D eigenvalue weighted by molar-refractivity contribution is -0.117. The second-order valence-electron chi connectivity index (χ2n) is 6.49. The van der Waals surface area contributed by atoms with Crippen LogP contribution in [0.5, 0.6) is 5.75 Å². The molecule has 2 rings (SSSR count). The summed E-state index contributed by atoms with van der Waals surface area (Å²) in [6.07, 6.45) is 0.619. The topological polar surface area (TPSA) is 93.5 Å².